The topological polar surface area (TPSA) is 97.9 Å². The highest BCUT2D eigenvalue weighted by molar-refractivity contribution is 5.96. The Morgan fingerprint density at radius 3 is 2.59 bits per heavy atom. The van der Waals surface area contributed by atoms with Crippen LogP contribution in [0.5, 0.6) is 0 Å². The summed E-state index contributed by atoms with van der Waals surface area (Å²) < 4.78 is 3.80. The van der Waals surface area contributed by atoms with Crippen LogP contribution in [0, 0.1) is 13.8 Å². The molecule has 2 aromatic heterocycles. The lowest BCUT2D eigenvalue weighted by Gasteiger charge is -2.34. The van der Waals surface area contributed by atoms with Gasteiger partial charge in [-0.2, -0.15) is 5.10 Å². The van der Waals surface area contributed by atoms with E-state index in [1.807, 2.05) is 23.1 Å². The van der Waals surface area contributed by atoms with Gasteiger partial charge in [-0.25, -0.2) is 0 Å². The summed E-state index contributed by atoms with van der Waals surface area (Å²) in [5.74, 6) is 0.943. The number of aromatic nitrogens is 5. The van der Waals surface area contributed by atoms with Crippen LogP contribution in [0.3, 0.4) is 0 Å². The summed E-state index contributed by atoms with van der Waals surface area (Å²) in [5.41, 5.74) is 1.30. The molecule has 1 atom stereocenters. The smallest absolute Gasteiger partial charge is 0.275 e. The van der Waals surface area contributed by atoms with Crippen molar-refractivity contribution in [3.8, 4) is 0 Å². The van der Waals surface area contributed by atoms with E-state index in [1.54, 1.807) is 18.0 Å². The molecule has 3 heterocycles. The Kier molecular flexibility index (Phi) is 5.29. The molecule has 0 saturated carbocycles. The molecule has 2 aromatic rings. The third-order valence-electron chi connectivity index (χ3n) is 5.30. The van der Waals surface area contributed by atoms with Crippen molar-refractivity contribution in [3.63, 3.8) is 0 Å². The Bertz CT molecular complexity index is 850. The van der Waals surface area contributed by atoms with Crippen molar-refractivity contribution in [2.75, 3.05) is 7.05 Å². The van der Waals surface area contributed by atoms with Crippen molar-refractivity contribution < 1.29 is 9.59 Å². The summed E-state index contributed by atoms with van der Waals surface area (Å²) in [4.78, 5) is 27.2. The molecule has 0 aliphatic carbocycles. The van der Waals surface area contributed by atoms with Gasteiger partial charge in [0.2, 0.25) is 5.91 Å². The first kappa shape index (κ1) is 19.1. The molecule has 0 aromatic carbocycles. The highest BCUT2D eigenvalue weighted by Gasteiger charge is 2.37. The zero-order valence-electron chi connectivity index (χ0n) is 16.6. The number of amides is 2. The fourth-order valence-corrected chi connectivity index (χ4v) is 3.66. The molecule has 1 aliphatic heterocycles. The van der Waals surface area contributed by atoms with Gasteiger partial charge in [-0.15, -0.1) is 10.2 Å². The van der Waals surface area contributed by atoms with Crippen LogP contribution in [0.2, 0.25) is 0 Å². The van der Waals surface area contributed by atoms with Crippen LogP contribution < -0.4 is 5.32 Å². The van der Waals surface area contributed by atoms with Crippen molar-refractivity contribution in [2.45, 2.75) is 65.7 Å². The molecular weight excluding hydrogens is 346 g/mol. The number of hydrogen-bond acceptors (Lipinski definition) is 5. The Balaban J connectivity index is 1.94. The molecule has 2 amide bonds. The quantitative estimate of drug-likeness (QED) is 0.850. The molecule has 1 N–H and O–H groups in total. The molecule has 1 unspecified atom stereocenters. The van der Waals surface area contributed by atoms with Gasteiger partial charge in [0.1, 0.15) is 11.9 Å². The predicted octanol–water partition coefficient (Wildman–Crippen LogP) is 1.22. The van der Waals surface area contributed by atoms with Gasteiger partial charge >= 0.3 is 0 Å². The monoisotopic (exact) mass is 373 g/mol. The van der Waals surface area contributed by atoms with Crippen molar-refractivity contribution in [1.82, 2.24) is 34.8 Å². The molecule has 27 heavy (non-hydrogen) atoms. The largest absolute Gasteiger partial charge is 0.357 e. The Hall–Kier alpha value is -2.71. The third-order valence-corrected chi connectivity index (χ3v) is 5.30. The second-order valence-electron chi connectivity index (χ2n) is 6.92. The Morgan fingerprint density at radius 1 is 1.26 bits per heavy atom. The van der Waals surface area contributed by atoms with Crippen molar-refractivity contribution in [2.24, 2.45) is 0 Å². The molecule has 1 aliphatic rings. The SMILES string of the molecule is CCC(CC)n1nc(C(=O)N2Cc3nnc(C)n3CC2C(=O)NC)cc1C. The number of nitrogens with zero attached hydrogens (tertiary/aromatic N) is 6. The van der Waals surface area contributed by atoms with E-state index >= 15 is 0 Å². The first-order valence-electron chi connectivity index (χ1n) is 9.38. The number of carbonyl (C=O) groups excluding carboxylic acids is 2. The number of fused-ring (bicyclic) bond motifs is 1. The van der Waals surface area contributed by atoms with E-state index in [1.165, 1.54) is 0 Å². The summed E-state index contributed by atoms with van der Waals surface area (Å²) >= 11 is 0. The summed E-state index contributed by atoms with van der Waals surface area (Å²) in [6.07, 6.45) is 1.89. The Labute approximate surface area is 158 Å². The van der Waals surface area contributed by atoms with E-state index in [2.05, 4.69) is 34.5 Å². The van der Waals surface area contributed by atoms with Crippen molar-refractivity contribution in [3.05, 3.63) is 29.1 Å². The van der Waals surface area contributed by atoms with Gasteiger partial charge in [-0.05, 0) is 32.8 Å². The lowest BCUT2D eigenvalue weighted by atomic mass is 10.1. The van der Waals surface area contributed by atoms with Gasteiger partial charge in [-0.3, -0.25) is 14.3 Å². The van der Waals surface area contributed by atoms with Gasteiger partial charge in [0.25, 0.3) is 5.91 Å². The Morgan fingerprint density at radius 2 is 1.96 bits per heavy atom. The van der Waals surface area contributed by atoms with Crippen molar-refractivity contribution >= 4 is 11.8 Å². The van der Waals surface area contributed by atoms with Crippen LogP contribution in [-0.4, -0.2) is 54.3 Å². The molecule has 146 valence electrons. The molecule has 0 saturated heterocycles. The van der Waals surface area contributed by atoms with Crippen LogP contribution >= 0.6 is 0 Å². The average molecular weight is 373 g/mol. The van der Waals surface area contributed by atoms with Crippen LogP contribution in [0.1, 0.15) is 60.6 Å². The van der Waals surface area contributed by atoms with E-state index < -0.39 is 6.04 Å². The van der Waals surface area contributed by atoms with E-state index in [4.69, 9.17) is 0 Å². The van der Waals surface area contributed by atoms with E-state index in [0.717, 1.165) is 24.4 Å². The minimum atomic E-state index is -0.622. The summed E-state index contributed by atoms with van der Waals surface area (Å²) in [5, 5.41) is 15.4. The molecule has 9 nitrogen and oxygen atoms in total. The van der Waals surface area contributed by atoms with Crippen LogP contribution in [0.15, 0.2) is 6.07 Å². The number of hydrogen-bond donors (Lipinski definition) is 1. The maximum atomic E-state index is 13.2. The second-order valence-corrected chi connectivity index (χ2v) is 6.92. The number of rotatable bonds is 5. The minimum Gasteiger partial charge on any atom is -0.357 e. The minimum absolute atomic E-state index is 0.210. The van der Waals surface area contributed by atoms with Crippen LogP contribution in [0.4, 0.5) is 0 Å². The van der Waals surface area contributed by atoms with Gasteiger partial charge < -0.3 is 14.8 Å². The summed E-state index contributed by atoms with van der Waals surface area (Å²) in [6.45, 7) is 8.58. The second kappa shape index (κ2) is 7.50. The maximum Gasteiger partial charge on any atom is 0.275 e. The normalized spacial score (nSPS) is 16.5. The molecule has 0 spiro atoms. The fraction of sp³-hybridized carbons (Fsp3) is 0.611. The lowest BCUT2D eigenvalue weighted by molar-refractivity contribution is -0.126. The van der Waals surface area contributed by atoms with Gasteiger partial charge in [-0.1, -0.05) is 13.8 Å². The number of nitrogens with one attached hydrogen (secondary N) is 1. The fourth-order valence-electron chi connectivity index (χ4n) is 3.66. The number of likely N-dealkylation sites (N-methyl/N-ethyl adjacent to an activating group) is 1. The number of carbonyl (C=O) groups is 2. The summed E-state index contributed by atoms with van der Waals surface area (Å²) in [6, 6.07) is 1.43. The average Bonchev–Trinajstić information content (AvgIpc) is 3.24. The molecule has 3 rings (SSSR count). The highest BCUT2D eigenvalue weighted by atomic mass is 16.2. The van der Waals surface area contributed by atoms with Crippen LogP contribution in [0.25, 0.3) is 0 Å². The zero-order chi connectivity index (χ0) is 19.7. The van der Waals surface area contributed by atoms with E-state index in [0.29, 0.717) is 18.1 Å². The van der Waals surface area contributed by atoms with Crippen molar-refractivity contribution in [1.29, 1.82) is 0 Å². The molecular formula is C18H27N7O2. The highest BCUT2D eigenvalue weighted by Crippen LogP contribution is 2.23. The van der Waals surface area contributed by atoms with E-state index in [9.17, 15) is 9.59 Å². The summed E-state index contributed by atoms with van der Waals surface area (Å²) in [7, 11) is 1.57. The molecule has 9 heteroatoms. The van der Waals surface area contributed by atoms with Gasteiger partial charge in [0.15, 0.2) is 11.5 Å². The standard InChI is InChI=1S/C18H27N7O2/c1-6-13(7-2)25-11(3)8-14(22-25)18(27)24-10-16-21-20-12(4)23(16)9-15(24)17(26)19-5/h8,13,15H,6-7,9-10H2,1-5H3,(H,19,26). The van der Waals surface area contributed by atoms with E-state index in [-0.39, 0.29) is 24.4 Å². The van der Waals surface area contributed by atoms with Gasteiger partial charge in [0.05, 0.1) is 19.1 Å². The van der Waals surface area contributed by atoms with Crippen LogP contribution in [-0.2, 0) is 17.9 Å². The third kappa shape index (κ3) is 3.33. The van der Waals surface area contributed by atoms with Gasteiger partial charge in [0, 0.05) is 12.7 Å². The number of aryl methyl sites for hydroxylation is 2. The zero-order valence-corrected chi connectivity index (χ0v) is 16.6. The molecule has 0 radical (unpaired) electrons. The maximum absolute atomic E-state index is 13.2. The predicted molar refractivity (Wildman–Crippen MR) is 99.1 cm³/mol. The molecule has 0 fully saturated rings. The molecule has 0 bridgehead atoms. The first-order chi connectivity index (χ1) is 12.9. The first-order valence-corrected chi connectivity index (χ1v) is 9.38. The lowest BCUT2D eigenvalue weighted by Crippen LogP contribution is -2.53.